The molecule has 4 aromatic heterocycles. The zero-order valence-electron chi connectivity index (χ0n) is 19.5. The Morgan fingerprint density at radius 1 is 1.00 bits per heavy atom. The standard InChI is InChI=1S/C27H21N5O2S2/c1-18-25(26(33)32(30(18)2)21-9-4-3-5-10-21)29-27-31(28-15-19-12-13-35-16-19)22(17-36-27)24-14-20-8-6-7-11-23(20)34-24/h3-17H,1-2H3/b28-15-,29-27?. The van der Waals surface area contributed by atoms with Gasteiger partial charge in [0.25, 0.3) is 5.56 Å². The molecule has 0 aliphatic rings. The Morgan fingerprint density at radius 2 is 1.81 bits per heavy atom. The molecule has 0 atom stereocenters. The molecule has 0 amide bonds. The van der Waals surface area contributed by atoms with Crippen molar-refractivity contribution in [3.8, 4) is 17.1 Å². The Labute approximate surface area is 214 Å². The van der Waals surface area contributed by atoms with Gasteiger partial charge in [0.15, 0.2) is 11.4 Å². The molecule has 2 aromatic carbocycles. The summed E-state index contributed by atoms with van der Waals surface area (Å²) >= 11 is 3.02. The summed E-state index contributed by atoms with van der Waals surface area (Å²) in [5.74, 6) is 0.683. The lowest BCUT2D eigenvalue weighted by Gasteiger charge is -2.07. The van der Waals surface area contributed by atoms with Crippen LogP contribution < -0.4 is 10.4 Å². The molecule has 0 bridgehead atoms. The Balaban J connectivity index is 1.55. The molecule has 0 N–H and O–H groups in total. The van der Waals surface area contributed by atoms with E-state index in [1.807, 2.05) is 102 Å². The topological polar surface area (TPSA) is 69.7 Å². The number of thiophene rings is 1. The van der Waals surface area contributed by atoms with Crippen LogP contribution in [0.2, 0.25) is 0 Å². The Morgan fingerprint density at radius 3 is 2.58 bits per heavy atom. The van der Waals surface area contributed by atoms with Crippen LogP contribution in [0.15, 0.2) is 102 Å². The molecule has 9 heteroatoms. The molecule has 0 saturated carbocycles. The summed E-state index contributed by atoms with van der Waals surface area (Å²) in [4.78, 5) is 18.8. The summed E-state index contributed by atoms with van der Waals surface area (Å²) < 4.78 is 11.3. The van der Waals surface area contributed by atoms with E-state index < -0.39 is 0 Å². The van der Waals surface area contributed by atoms with Crippen LogP contribution in [0.4, 0.5) is 5.69 Å². The van der Waals surface area contributed by atoms with Gasteiger partial charge in [0, 0.05) is 23.4 Å². The second kappa shape index (κ2) is 9.10. The number of hydrogen-bond acceptors (Lipinski definition) is 6. The van der Waals surface area contributed by atoms with Gasteiger partial charge < -0.3 is 4.42 Å². The van der Waals surface area contributed by atoms with E-state index in [2.05, 4.69) is 0 Å². The minimum Gasteiger partial charge on any atom is -0.454 e. The van der Waals surface area contributed by atoms with Gasteiger partial charge in [0.05, 0.1) is 17.6 Å². The predicted octanol–water partition coefficient (Wildman–Crippen LogP) is 5.94. The van der Waals surface area contributed by atoms with Crippen molar-refractivity contribution in [2.75, 3.05) is 0 Å². The predicted molar refractivity (Wildman–Crippen MR) is 146 cm³/mol. The number of hydrogen-bond donors (Lipinski definition) is 0. The van der Waals surface area contributed by atoms with E-state index >= 15 is 0 Å². The van der Waals surface area contributed by atoms with Crippen LogP contribution in [0, 0.1) is 6.92 Å². The van der Waals surface area contributed by atoms with Gasteiger partial charge in [-0.1, -0.05) is 36.4 Å². The van der Waals surface area contributed by atoms with Crippen molar-refractivity contribution in [1.82, 2.24) is 14.0 Å². The first kappa shape index (κ1) is 22.3. The number of rotatable bonds is 5. The van der Waals surface area contributed by atoms with Gasteiger partial charge in [-0.25, -0.2) is 14.4 Å². The fraction of sp³-hybridized carbons (Fsp3) is 0.0741. The normalized spacial score (nSPS) is 12.3. The molecule has 0 saturated heterocycles. The van der Waals surface area contributed by atoms with E-state index in [0.717, 1.165) is 33.6 Å². The van der Waals surface area contributed by atoms with Crippen molar-refractivity contribution < 1.29 is 4.42 Å². The van der Waals surface area contributed by atoms with E-state index in [0.29, 0.717) is 16.2 Å². The SMILES string of the molecule is Cc1c(N=c2scc(-c3cc4ccccc4o3)n2/N=C\c2ccsc2)c(=O)n(-c2ccccc2)n1C. The van der Waals surface area contributed by atoms with Crippen molar-refractivity contribution in [3.63, 3.8) is 0 Å². The van der Waals surface area contributed by atoms with Crippen LogP contribution in [0.25, 0.3) is 28.1 Å². The maximum Gasteiger partial charge on any atom is 0.297 e. The maximum atomic E-state index is 13.5. The van der Waals surface area contributed by atoms with Gasteiger partial charge in [-0.3, -0.25) is 9.48 Å². The first-order valence-electron chi connectivity index (χ1n) is 11.2. The minimum atomic E-state index is -0.187. The number of fused-ring (bicyclic) bond motifs is 1. The smallest absolute Gasteiger partial charge is 0.297 e. The first-order chi connectivity index (χ1) is 17.6. The summed E-state index contributed by atoms with van der Waals surface area (Å²) in [6.07, 6.45) is 1.79. The van der Waals surface area contributed by atoms with Crippen molar-refractivity contribution >= 4 is 45.5 Å². The molecule has 6 rings (SSSR count). The van der Waals surface area contributed by atoms with Gasteiger partial charge in [0.1, 0.15) is 11.3 Å². The van der Waals surface area contributed by atoms with Crippen LogP contribution in [-0.2, 0) is 7.05 Å². The third-order valence-corrected chi connectivity index (χ3v) is 7.48. The van der Waals surface area contributed by atoms with E-state index in [1.165, 1.54) is 11.3 Å². The van der Waals surface area contributed by atoms with Gasteiger partial charge >= 0.3 is 0 Å². The highest BCUT2D eigenvalue weighted by Crippen LogP contribution is 2.28. The molecule has 4 heterocycles. The Kier molecular flexibility index (Phi) is 5.63. The molecule has 36 heavy (non-hydrogen) atoms. The summed E-state index contributed by atoms with van der Waals surface area (Å²) in [6, 6.07) is 21.4. The average molecular weight is 512 g/mol. The van der Waals surface area contributed by atoms with Crippen molar-refractivity contribution in [3.05, 3.63) is 109 Å². The quantitative estimate of drug-likeness (QED) is 0.269. The fourth-order valence-corrected chi connectivity index (χ4v) is 5.45. The number of nitrogens with zero attached hydrogens (tertiary/aromatic N) is 5. The molecule has 0 aliphatic carbocycles. The van der Waals surface area contributed by atoms with Crippen LogP contribution in [0.3, 0.4) is 0 Å². The number of benzene rings is 2. The second-order valence-electron chi connectivity index (χ2n) is 8.19. The van der Waals surface area contributed by atoms with Crippen molar-refractivity contribution in [1.29, 1.82) is 0 Å². The number of thiazole rings is 1. The lowest BCUT2D eigenvalue weighted by molar-refractivity contribution is 0.622. The molecule has 0 spiro atoms. The molecule has 0 radical (unpaired) electrons. The largest absolute Gasteiger partial charge is 0.454 e. The van der Waals surface area contributed by atoms with Crippen molar-refractivity contribution in [2.24, 2.45) is 17.1 Å². The zero-order valence-corrected chi connectivity index (χ0v) is 21.2. The molecule has 7 nitrogen and oxygen atoms in total. The molecular formula is C27H21N5O2S2. The molecule has 0 aliphatic heterocycles. The molecule has 178 valence electrons. The van der Waals surface area contributed by atoms with Gasteiger partial charge in [-0.2, -0.15) is 16.4 Å². The monoisotopic (exact) mass is 511 g/mol. The van der Waals surface area contributed by atoms with Crippen LogP contribution >= 0.6 is 22.7 Å². The fourth-order valence-electron chi connectivity index (χ4n) is 4.02. The first-order valence-corrected chi connectivity index (χ1v) is 13.1. The molecule has 0 unspecified atom stereocenters. The van der Waals surface area contributed by atoms with E-state index in [-0.39, 0.29) is 5.56 Å². The Bertz CT molecular complexity index is 1800. The second-order valence-corrected chi connectivity index (χ2v) is 9.80. The summed E-state index contributed by atoms with van der Waals surface area (Å²) in [5, 5.41) is 11.7. The van der Waals surface area contributed by atoms with E-state index in [4.69, 9.17) is 14.5 Å². The van der Waals surface area contributed by atoms with Gasteiger partial charge in [-0.05, 0) is 48.0 Å². The number of aromatic nitrogens is 3. The number of furan rings is 1. The number of para-hydroxylation sites is 2. The van der Waals surface area contributed by atoms with E-state index in [9.17, 15) is 4.79 Å². The van der Waals surface area contributed by atoms with Crippen LogP contribution in [-0.4, -0.2) is 20.3 Å². The maximum absolute atomic E-state index is 13.5. The minimum absolute atomic E-state index is 0.187. The summed E-state index contributed by atoms with van der Waals surface area (Å²) in [6.45, 7) is 1.90. The third kappa shape index (κ3) is 3.88. The van der Waals surface area contributed by atoms with Crippen LogP contribution in [0.5, 0.6) is 0 Å². The van der Waals surface area contributed by atoms with E-state index in [1.54, 1.807) is 26.9 Å². The average Bonchev–Trinajstić information content (AvgIpc) is 3.68. The highest BCUT2D eigenvalue weighted by atomic mass is 32.1. The molecule has 0 fully saturated rings. The van der Waals surface area contributed by atoms with Gasteiger partial charge in [-0.15, -0.1) is 11.3 Å². The van der Waals surface area contributed by atoms with Crippen LogP contribution in [0.1, 0.15) is 11.3 Å². The highest BCUT2D eigenvalue weighted by molar-refractivity contribution is 7.08. The lowest BCUT2D eigenvalue weighted by Crippen LogP contribution is -2.19. The Hall–Kier alpha value is -4.21. The summed E-state index contributed by atoms with van der Waals surface area (Å²) in [7, 11) is 1.86. The van der Waals surface area contributed by atoms with Crippen molar-refractivity contribution in [2.45, 2.75) is 6.92 Å². The molecular weight excluding hydrogens is 490 g/mol. The highest BCUT2D eigenvalue weighted by Gasteiger charge is 2.18. The summed E-state index contributed by atoms with van der Waals surface area (Å²) in [5.41, 5.74) is 4.28. The lowest BCUT2D eigenvalue weighted by atomic mass is 10.2. The zero-order chi connectivity index (χ0) is 24.6. The third-order valence-electron chi connectivity index (χ3n) is 5.96. The molecule has 6 aromatic rings. The van der Waals surface area contributed by atoms with Gasteiger partial charge in [0.2, 0.25) is 4.80 Å².